The molecule has 0 radical (unpaired) electrons. The molecule has 0 spiro atoms. The van der Waals surface area contributed by atoms with E-state index in [1.807, 2.05) is 6.92 Å². The third kappa shape index (κ3) is 3.46. The minimum atomic E-state index is -0.550. The van der Waals surface area contributed by atoms with Crippen molar-refractivity contribution in [3.8, 4) is 0 Å². The number of ether oxygens (including phenoxy) is 1. The first kappa shape index (κ1) is 15.0. The molecule has 0 atom stereocenters. The molecule has 0 amide bonds. The van der Waals surface area contributed by atoms with Gasteiger partial charge in [0.2, 0.25) is 0 Å². The lowest BCUT2D eigenvalue weighted by Gasteiger charge is -2.07. The highest BCUT2D eigenvalue weighted by Crippen LogP contribution is 2.36. The summed E-state index contributed by atoms with van der Waals surface area (Å²) >= 11 is 4.61. The van der Waals surface area contributed by atoms with Gasteiger partial charge in [-0.2, -0.15) is 0 Å². The second-order valence-electron chi connectivity index (χ2n) is 3.22. The zero-order valence-corrected chi connectivity index (χ0v) is 12.3. The summed E-state index contributed by atoms with van der Waals surface area (Å²) < 4.78 is 5.25. The molecule has 0 N–H and O–H groups in total. The van der Waals surface area contributed by atoms with Gasteiger partial charge in [-0.3, -0.25) is 10.1 Å². The quantitative estimate of drug-likeness (QED) is 0.356. The molecule has 0 saturated heterocycles. The highest BCUT2D eigenvalue weighted by Gasteiger charge is 2.21. The molecule has 0 aliphatic heterocycles. The van der Waals surface area contributed by atoms with Crippen LogP contribution in [0.5, 0.6) is 0 Å². The van der Waals surface area contributed by atoms with Crippen molar-refractivity contribution < 1.29 is 14.5 Å². The van der Waals surface area contributed by atoms with Crippen LogP contribution in [-0.4, -0.2) is 23.3 Å². The van der Waals surface area contributed by atoms with E-state index in [2.05, 4.69) is 15.9 Å². The molecular weight excluding hydrogens is 322 g/mol. The fourth-order valence-corrected chi connectivity index (χ4v) is 2.78. The molecule has 7 heteroatoms. The van der Waals surface area contributed by atoms with E-state index in [9.17, 15) is 14.9 Å². The van der Waals surface area contributed by atoms with Gasteiger partial charge < -0.3 is 4.74 Å². The normalized spacial score (nSPS) is 10.2. The van der Waals surface area contributed by atoms with Crippen LogP contribution in [0.4, 0.5) is 5.69 Å². The molecule has 0 aliphatic rings. The number of nitrogens with zero attached hydrogens (tertiary/aromatic N) is 1. The number of halogens is 1. The van der Waals surface area contributed by atoms with Crippen LogP contribution in [0.2, 0.25) is 0 Å². The summed E-state index contributed by atoms with van der Waals surface area (Å²) in [6, 6.07) is 2.82. The summed E-state index contributed by atoms with van der Waals surface area (Å²) in [5, 5.41) is 10.9. The lowest BCUT2D eigenvalue weighted by atomic mass is 10.2. The maximum absolute atomic E-state index is 11.6. The second-order valence-corrected chi connectivity index (χ2v) is 5.32. The molecule has 0 aromatic heterocycles. The Kier molecular flexibility index (Phi) is 5.61. The van der Waals surface area contributed by atoms with Crippen LogP contribution >= 0.6 is 27.7 Å². The van der Waals surface area contributed by atoms with Crippen molar-refractivity contribution in [3.63, 3.8) is 0 Å². The molecule has 1 aromatic rings. The SMILES string of the molecule is CCOC(=O)c1cc(SCC)c(Br)c([N+](=O)[O-])c1. The monoisotopic (exact) mass is 333 g/mol. The molecule has 98 valence electrons. The van der Waals surface area contributed by atoms with E-state index >= 15 is 0 Å². The van der Waals surface area contributed by atoms with Gasteiger partial charge in [0, 0.05) is 11.0 Å². The number of carbonyl (C=O) groups excluding carboxylic acids is 1. The number of hydrogen-bond acceptors (Lipinski definition) is 5. The van der Waals surface area contributed by atoms with E-state index in [0.717, 1.165) is 5.75 Å². The van der Waals surface area contributed by atoms with Crippen LogP contribution in [0.3, 0.4) is 0 Å². The Labute approximate surface area is 117 Å². The zero-order valence-electron chi connectivity index (χ0n) is 9.94. The number of esters is 1. The average molecular weight is 334 g/mol. The van der Waals surface area contributed by atoms with Gasteiger partial charge in [0.15, 0.2) is 0 Å². The molecule has 18 heavy (non-hydrogen) atoms. The molecule has 0 fully saturated rings. The first-order chi connectivity index (χ1) is 8.51. The molecule has 0 saturated carbocycles. The first-order valence-electron chi connectivity index (χ1n) is 5.29. The maximum Gasteiger partial charge on any atom is 0.338 e. The Hall–Kier alpha value is -1.08. The number of carbonyl (C=O) groups is 1. The van der Waals surface area contributed by atoms with Gasteiger partial charge in [-0.15, -0.1) is 11.8 Å². The van der Waals surface area contributed by atoms with E-state index in [4.69, 9.17) is 4.74 Å². The Morgan fingerprint density at radius 3 is 2.67 bits per heavy atom. The van der Waals surface area contributed by atoms with Crippen LogP contribution in [0.1, 0.15) is 24.2 Å². The fraction of sp³-hybridized carbons (Fsp3) is 0.364. The molecule has 1 aromatic carbocycles. The van der Waals surface area contributed by atoms with Gasteiger partial charge in [0.1, 0.15) is 4.47 Å². The molecule has 1 rings (SSSR count). The highest BCUT2D eigenvalue weighted by atomic mass is 79.9. The van der Waals surface area contributed by atoms with Crippen molar-refractivity contribution in [3.05, 3.63) is 32.3 Å². The summed E-state index contributed by atoms with van der Waals surface area (Å²) in [6.45, 7) is 3.85. The lowest BCUT2D eigenvalue weighted by molar-refractivity contribution is -0.385. The average Bonchev–Trinajstić information content (AvgIpc) is 2.31. The van der Waals surface area contributed by atoms with Crippen molar-refractivity contribution in [1.82, 2.24) is 0 Å². The number of nitro groups is 1. The van der Waals surface area contributed by atoms with E-state index in [0.29, 0.717) is 9.37 Å². The van der Waals surface area contributed by atoms with E-state index in [1.54, 1.807) is 13.0 Å². The Balaban J connectivity index is 3.28. The van der Waals surface area contributed by atoms with Crippen molar-refractivity contribution in [1.29, 1.82) is 0 Å². The molecule has 0 unspecified atom stereocenters. The van der Waals surface area contributed by atoms with Crippen LogP contribution < -0.4 is 0 Å². The van der Waals surface area contributed by atoms with Crippen LogP contribution in [0.25, 0.3) is 0 Å². The topological polar surface area (TPSA) is 69.4 Å². The molecule has 0 heterocycles. The molecule has 0 aliphatic carbocycles. The van der Waals surface area contributed by atoms with Gasteiger partial charge in [0.25, 0.3) is 5.69 Å². The largest absolute Gasteiger partial charge is 0.462 e. The first-order valence-corrected chi connectivity index (χ1v) is 7.06. The molecule has 5 nitrogen and oxygen atoms in total. The number of rotatable bonds is 5. The Bertz CT molecular complexity index is 478. The Morgan fingerprint density at radius 1 is 1.50 bits per heavy atom. The smallest absolute Gasteiger partial charge is 0.338 e. The van der Waals surface area contributed by atoms with Gasteiger partial charge in [0.05, 0.1) is 17.1 Å². The summed E-state index contributed by atoms with van der Waals surface area (Å²) in [4.78, 5) is 22.7. The third-order valence-corrected chi connectivity index (χ3v) is 4.05. The van der Waals surface area contributed by atoms with Crippen LogP contribution in [0, 0.1) is 10.1 Å². The lowest BCUT2D eigenvalue weighted by Crippen LogP contribution is -2.06. The minimum Gasteiger partial charge on any atom is -0.462 e. The van der Waals surface area contributed by atoms with Crippen molar-refractivity contribution in [2.75, 3.05) is 12.4 Å². The third-order valence-electron chi connectivity index (χ3n) is 2.03. The van der Waals surface area contributed by atoms with Crippen LogP contribution in [0.15, 0.2) is 21.5 Å². The second kappa shape index (κ2) is 6.75. The fourth-order valence-electron chi connectivity index (χ4n) is 1.31. The molecule has 0 bridgehead atoms. The van der Waals surface area contributed by atoms with Crippen molar-refractivity contribution in [2.45, 2.75) is 18.7 Å². The predicted molar refractivity (Wildman–Crippen MR) is 73.2 cm³/mol. The highest BCUT2D eigenvalue weighted by molar-refractivity contribution is 9.10. The summed E-state index contributed by atoms with van der Waals surface area (Å²) in [5.41, 5.74) is 0.0687. The number of thioether (sulfide) groups is 1. The van der Waals surface area contributed by atoms with E-state index in [1.165, 1.54) is 17.8 Å². The standard InChI is InChI=1S/C11H12BrNO4S/c1-3-17-11(14)7-5-8(13(15)16)10(12)9(6-7)18-4-2/h5-6H,3-4H2,1-2H3. The van der Waals surface area contributed by atoms with Gasteiger partial charge >= 0.3 is 5.97 Å². The van der Waals surface area contributed by atoms with Crippen LogP contribution in [-0.2, 0) is 4.74 Å². The summed E-state index contributed by atoms with van der Waals surface area (Å²) in [7, 11) is 0. The van der Waals surface area contributed by atoms with Crippen molar-refractivity contribution in [2.24, 2.45) is 0 Å². The molecular formula is C11H12BrNO4S. The van der Waals surface area contributed by atoms with Gasteiger partial charge in [-0.25, -0.2) is 4.79 Å². The van der Waals surface area contributed by atoms with Gasteiger partial charge in [-0.1, -0.05) is 6.92 Å². The van der Waals surface area contributed by atoms with E-state index in [-0.39, 0.29) is 17.9 Å². The minimum absolute atomic E-state index is 0.128. The van der Waals surface area contributed by atoms with E-state index < -0.39 is 10.9 Å². The number of hydrogen-bond donors (Lipinski definition) is 0. The zero-order chi connectivity index (χ0) is 13.7. The van der Waals surface area contributed by atoms with Gasteiger partial charge in [-0.05, 0) is 34.7 Å². The van der Waals surface area contributed by atoms with Crippen molar-refractivity contribution >= 4 is 39.3 Å². The number of benzene rings is 1. The maximum atomic E-state index is 11.6. The predicted octanol–water partition coefficient (Wildman–Crippen LogP) is 3.65. The summed E-state index contributed by atoms with van der Waals surface area (Å²) in [6.07, 6.45) is 0. The Morgan fingerprint density at radius 2 is 2.17 bits per heavy atom. The number of nitro benzene ring substituents is 1. The summed E-state index contributed by atoms with van der Waals surface area (Å²) in [5.74, 6) is 0.202.